The number of hydrazone groups is 1. The van der Waals surface area contributed by atoms with Gasteiger partial charge in [-0.15, -0.1) is 0 Å². The van der Waals surface area contributed by atoms with E-state index in [0.717, 1.165) is 39.9 Å². The smallest absolute Gasteiger partial charge is 0.262 e. The molecule has 1 atom stereocenters. The first-order valence-corrected chi connectivity index (χ1v) is 16.0. The average Bonchev–Trinajstić information content (AvgIpc) is 3.66. The molecule has 44 heavy (non-hydrogen) atoms. The minimum Gasteiger partial charge on any atom is -0.497 e. The number of carbonyl (C=O) groups is 1. The van der Waals surface area contributed by atoms with Gasteiger partial charge in [0.25, 0.3) is 11.5 Å². The van der Waals surface area contributed by atoms with Crippen LogP contribution in [0.5, 0.6) is 5.75 Å². The van der Waals surface area contributed by atoms with Crippen molar-refractivity contribution in [1.82, 2.24) is 24.8 Å². The van der Waals surface area contributed by atoms with Crippen LogP contribution in [0.3, 0.4) is 0 Å². The van der Waals surface area contributed by atoms with E-state index in [-0.39, 0.29) is 38.8 Å². The number of primary sulfonamides is 1. The Bertz CT molecular complexity index is 2050. The van der Waals surface area contributed by atoms with E-state index in [2.05, 4.69) is 15.1 Å². The number of aryl methyl sites for hydroxylation is 1. The van der Waals surface area contributed by atoms with Crippen LogP contribution in [0.1, 0.15) is 29.2 Å². The zero-order valence-corrected chi connectivity index (χ0v) is 25.3. The lowest BCUT2D eigenvalue weighted by atomic mass is 9.97. The number of nitrogens with one attached hydrogen (secondary N) is 1. The van der Waals surface area contributed by atoms with Gasteiger partial charge >= 0.3 is 0 Å². The van der Waals surface area contributed by atoms with E-state index in [1.165, 1.54) is 40.2 Å². The molecule has 0 spiro atoms. The number of methoxy groups -OCH3 is 1. The van der Waals surface area contributed by atoms with Gasteiger partial charge in [0.1, 0.15) is 11.1 Å². The number of benzene rings is 3. The van der Waals surface area contributed by atoms with Crippen molar-refractivity contribution < 1.29 is 17.9 Å². The summed E-state index contributed by atoms with van der Waals surface area (Å²) in [5.41, 5.74) is 4.07. The number of rotatable bonds is 8. The molecular formula is C30H27N7O5S2. The second-order valence-corrected chi connectivity index (χ2v) is 12.7. The van der Waals surface area contributed by atoms with Crippen molar-refractivity contribution in [2.45, 2.75) is 29.4 Å². The average molecular weight is 630 g/mol. The normalized spacial score (nSPS) is 15.0. The summed E-state index contributed by atoms with van der Waals surface area (Å²) < 4.78 is 30.0. The topological polar surface area (TPSA) is 166 Å². The number of fused-ring (bicyclic) bond motifs is 1. The molecule has 0 saturated carbocycles. The summed E-state index contributed by atoms with van der Waals surface area (Å²) in [6, 6.07) is 21.0. The number of nitrogens with zero attached hydrogens (tertiary/aromatic N) is 5. The molecule has 0 bridgehead atoms. The number of carbonyl (C=O) groups excluding carboxylic acids is 1. The molecule has 3 N–H and O–H groups in total. The highest BCUT2D eigenvalue weighted by Crippen LogP contribution is 2.34. The van der Waals surface area contributed by atoms with E-state index in [4.69, 9.17) is 15.0 Å². The lowest BCUT2D eigenvalue weighted by Gasteiger charge is -2.22. The van der Waals surface area contributed by atoms with Crippen LogP contribution in [0.4, 0.5) is 0 Å². The molecule has 12 nitrogen and oxygen atoms in total. The van der Waals surface area contributed by atoms with E-state index < -0.39 is 15.6 Å². The van der Waals surface area contributed by atoms with E-state index in [0.29, 0.717) is 12.1 Å². The van der Waals surface area contributed by atoms with Gasteiger partial charge in [0.05, 0.1) is 41.4 Å². The van der Waals surface area contributed by atoms with E-state index >= 15 is 0 Å². The van der Waals surface area contributed by atoms with Crippen LogP contribution in [0.2, 0.25) is 0 Å². The Morgan fingerprint density at radius 2 is 1.77 bits per heavy atom. The van der Waals surface area contributed by atoms with Gasteiger partial charge < -0.3 is 9.72 Å². The fourth-order valence-corrected chi connectivity index (χ4v) is 6.10. The molecule has 2 aromatic heterocycles. The van der Waals surface area contributed by atoms with Crippen LogP contribution < -0.4 is 15.4 Å². The Hall–Kier alpha value is -4.79. The summed E-state index contributed by atoms with van der Waals surface area (Å²) in [4.78, 5) is 33.7. The molecule has 6 rings (SSSR count). The standard InChI is InChI=1S/C30H27N7O5S2/c1-18-3-5-20(6-4-18)26-15-25(19-7-11-22(42-2)12-8-19)35-37(26)27(38)17-43-30-33-28-24(29(39)34-30)16-32-36(28)21-9-13-23(14-10-21)44(31,40)41/h3-14,16,26H,15,17H2,1-2H3,(H2,31,40,41)(H,33,34,39)/t26-/m1/s1. The first-order valence-electron chi connectivity index (χ1n) is 13.5. The third-order valence-electron chi connectivity index (χ3n) is 7.21. The molecule has 1 aliphatic rings. The second kappa shape index (κ2) is 11.7. The highest BCUT2D eigenvalue weighted by atomic mass is 32.2. The minimum atomic E-state index is -3.87. The fraction of sp³-hybridized carbons (Fsp3) is 0.167. The third-order valence-corrected chi connectivity index (χ3v) is 9.00. The Morgan fingerprint density at radius 3 is 2.43 bits per heavy atom. The van der Waals surface area contributed by atoms with Crippen LogP contribution in [0.25, 0.3) is 16.7 Å². The number of hydrogen-bond donors (Lipinski definition) is 2. The maximum atomic E-state index is 13.6. The molecule has 1 aliphatic heterocycles. The maximum absolute atomic E-state index is 13.6. The first kappa shape index (κ1) is 29.3. The molecule has 5 aromatic rings. The van der Waals surface area contributed by atoms with Crippen LogP contribution >= 0.6 is 11.8 Å². The predicted molar refractivity (Wildman–Crippen MR) is 166 cm³/mol. The Balaban J connectivity index is 1.26. The highest BCUT2D eigenvalue weighted by molar-refractivity contribution is 7.99. The molecular weight excluding hydrogens is 603 g/mol. The maximum Gasteiger partial charge on any atom is 0.262 e. The monoisotopic (exact) mass is 629 g/mol. The van der Waals surface area contributed by atoms with Crippen molar-refractivity contribution in [1.29, 1.82) is 0 Å². The SMILES string of the molecule is COc1ccc(C2=NN(C(=O)CSc3nc4c(cnn4-c4ccc(S(N)(=O)=O)cc4)c(=O)[nH]3)[C@@H](c3ccc(C)cc3)C2)cc1. The molecule has 0 saturated heterocycles. The molecule has 0 radical (unpaired) electrons. The molecule has 3 aromatic carbocycles. The Morgan fingerprint density at radius 1 is 1.07 bits per heavy atom. The zero-order valence-electron chi connectivity index (χ0n) is 23.7. The van der Waals surface area contributed by atoms with Gasteiger partial charge in [-0.3, -0.25) is 9.59 Å². The lowest BCUT2D eigenvalue weighted by molar-refractivity contribution is -0.130. The Kier molecular flexibility index (Phi) is 7.80. The fourth-order valence-electron chi connectivity index (χ4n) is 4.88. The summed E-state index contributed by atoms with van der Waals surface area (Å²) in [6.45, 7) is 2.01. The van der Waals surface area contributed by atoms with E-state index in [1.54, 1.807) is 7.11 Å². The number of ether oxygens (including phenoxy) is 1. The van der Waals surface area contributed by atoms with Crippen molar-refractivity contribution in [3.05, 3.63) is 106 Å². The number of sulfonamides is 1. The lowest BCUT2D eigenvalue weighted by Crippen LogP contribution is -2.28. The molecule has 224 valence electrons. The number of aromatic amines is 1. The van der Waals surface area contributed by atoms with Gasteiger partial charge in [0, 0.05) is 6.42 Å². The second-order valence-electron chi connectivity index (χ2n) is 10.1. The van der Waals surface area contributed by atoms with Gasteiger partial charge in [0.2, 0.25) is 10.0 Å². The summed E-state index contributed by atoms with van der Waals surface area (Å²) in [6.07, 6.45) is 1.91. The number of hydrogen-bond acceptors (Lipinski definition) is 9. The van der Waals surface area contributed by atoms with Crippen molar-refractivity contribution in [2.24, 2.45) is 10.2 Å². The molecule has 0 fully saturated rings. The van der Waals surface area contributed by atoms with Crippen LogP contribution in [0.15, 0.2) is 98.9 Å². The Labute approximate surface area is 256 Å². The number of nitrogens with two attached hydrogens (primary N) is 1. The summed E-state index contributed by atoms with van der Waals surface area (Å²) >= 11 is 1.08. The summed E-state index contributed by atoms with van der Waals surface area (Å²) in [5, 5.41) is 16.2. The number of thioether (sulfide) groups is 1. The predicted octanol–water partition coefficient (Wildman–Crippen LogP) is 3.54. The summed E-state index contributed by atoms with van der Waals surface area (Å²) in [7, 11) is -2.26. The van der Waals surface area contributed by atoms with E-state index in [1.807, 2.05) is 55.5 Å². The van der Waals surface area contributed by atoms with Crippen molar-refractivity contribution in [2.75, 3.05) is 12.9 Å². The molecule has 0 unspecified atom stereocenters. The van der Waals surface area contributed by atoms with Gasteiger partial charge in [0.15, 0.2) is 10.8 Å². The zero-order chi connectivity index (χ0) is 31.0. The quantitative estimate of drug-likeness (QED) is 0.194. The molecule has 3 heterocycles. The van der Waals surface area contributed by atoms with Crippen molar-refractivity contribution in [3.63, 3.8) is 0 Å². The van der Waals surface area contributed by atoms with Crippen LogP contribution in [-0.2, 0) is 14.8 Å². The molecule has 14 heteroatoms. The van der Waals surface area contributed by atoms with Crippen molar-refractivity contribution in [3.8, 4) is 11.4 Å². The number of aromatic nitrogens is 4. The van der Waals surface area contributed by atoms with E-state index in [9.17, 15) is 18.0 Å². The first-order chi connectivity index (χ1) is 21.1. The van der Waals surface area contributed by atoms with Gasteiger partial charge in [-0.25, -0.2) is 28.2 Å². The van der Waals surface area contributed by atoms with Crippen LogP contribution in [-0.4, -0.2) is 57.7 Å². The van der Waals surface area contributed by atoms with Crippen molar-refractivity contribution >= 4 is 44.4 Å². The highest BCUT2D eigenvalue weighted by Gasteiger charge is 2.33. The number of H-pyrrole nitrogens is 1. The van der Waals surface area contributed by atoms with Crippen LogP contribution in [0, 0.1) is 6.92 Å². The molecule has 0 aliphatic carbocycles. The largest absolute Gasteiger partial charge is 0.497 e. The van der Waals surface area contributed by atoms with Gasteiger partial charge in [-0.2, -0.15) is 10.2 Å². The van der Waals surface area contributed by atoms with Gasteiger partial charge in [-0.1, -0.05) is 41.6 Å². The minimum absolute atomic E-state index is 0.0343. The summed E-state index contributed by atoms with van der Waals surface area (Å²) in [5.74, 6) is 0.443. The van der Waals surface area contributed by atoms with Gasteiger partial charge in [-0.05, 0) is 66.6 Å². The third kappa shape index (κ3) is 5.86. The molecule has 1 amide bonds. The number of amides is 1.